The van der Waals surface area contributed by atoms with Gasteiger partial charge in [-0.2, -0.15) is 5.10 Å². The Kier molecular flexibility index (Phi) is 3.97. The first kappa shape index (κ1) is 16.1. The monoisotopic (exact) mass is 374 g/mol. The predicted molar refractivity (Wildman–Crippen MR) is 95.9 cm³/mol. The van der Waals surface area contributed by atoms with Crippen LogP contribution in [0.25, 0.3) is 0 Å². The molecule has 6 nitrogen and oxygen atoms in total. The minimum absolute atomic E-state index is 0.0280. The zero-order valence-electron chi connectivity index (χ0n) is 13.4. The number of aromatic amines is 1. The molecule has 0 aliphatic carbocycles. The number of carbonyl (C=O) groups excluding carboxylic acids is 1. The van der Waals surface area contributed by atoms with Gasteiger partial charge in [0.15, 0.2) is 0 Å². The molecular weight excluding hydrogens is 360 g/mol. The van der Waals surface area contributed by atoms with E-state index in [1.54, 1.807) is 22.0 Å². The minimum Gasteiger partial charge on any atom is -0.326 e. The molecule has 1 atom stereocenters. The Labute approximate surface area is 152 Å². The van der Waals surface area contributed by atoms with Crippen LogP contribution in [0.5, 0.6) is 0 Å². The molecule has 0 spiro atoms. The van der Waals surface area contributed by atoms with Crippen molar-refractivity contribution in [2.75, 3.05) is 0 Å². The Balaban J connectivity index is 1.73. The van der Waals surface area contributed by atoms with Crippen molar-refractivity contribution >= 4 is 28.8 Å². The van der Waals surface area contributed by atoms with Gasteiger partial charge in [0, 0.05) is 30.1 Å². The molecule has 25 heavy (non-hydrogen) atoms. The van der Waals surface area contributed by atoms with Gasteiger partial charge in [0.25, 0.3) is 5.91 Å². The average molecular weight is 375 g/mol. The van der Waals surface area contributed by atoms with E-state index < -0.39 is 0 Å². The zero-order valence-corrected chi connectivity index (χ0v) is 15.0. The van der Waals surface area contributed by atoms with E-state index in [-0.39, 0.29) is 16.8 Å². The summed E-state index contributed by atoms with van der Waals surface area (Å²) in [5, 5.41) is 4.77. The van der Waals surface area contributed by atoms with Crippen LogP contribution >= 0.6 is 22.9 Å². The molecule has 8 heteroatoms. The van der Waals surface area contributed by atoms with Crippen LogP contribution in [0.2, 0.25) is 5.02 Å². The number of carbonyl (C=O) groups is 1. The highest BCUT2D eigenvalue weighted by Gasteiger charge is 2.37. The topological polar surface area (TPSA) is 71.0 Å². The van der Waals surface area contributed by atoms with Crippen LogP contribution in [0.1, 0.15) is 32.5 Å². The number of nitrogens with one attached hydrogen (secondary N) is 1. The number of hydrogen-bond acceptors (Lipinski definition) is 4. The Hall–Kier alpha value is -2.38. The van der Waals surface area contributed by atoms with Crippen LogP contribution in [0.15, 0.2) is 41.5 Å². The van der Waals surface area contributed by atoms with Crippen molar-refractivity contribution in [1.29, 1.82) is 0 Å². The maximum absolute atomic E-state index is 12.9. The first-order valence-corrected chi connectivity index (χ1v) is 8.97. The highest BCUT2D eigenvalue weighted by molar-refractivity contribution is 7.09. The van der Waals surface area contributed by atoms with E-state index in [1.165, 1.54) is 0 Å². The number of nitrogens with zero attached hydrogens (tertiary/aromatic N) is 3. The van der Waals surface area contributed by atoms with Gasteiger partial charge in [0.2, 0.25) is 0 Å². The molecule has 1 aromatic carbocycles. The third-order valence-electron chi connectivity index (χ3n) is 4.49. The molecule has 1 unspecified atom stereocenters. The van der Waals surface area contributed by atoms with E-state index >= 15 is 0 Å². The Morgan fingerprint density at radius 2 is 2.12 bits per heavy atom. The Morgan fingerprint density at radius 3 is 2.80 bits per heavy atom. The number of H-pyrrole nitrogens is 1. The van der Waals surface area contributed by atoms with E-state index in [0.717, 1.165) is 27.5 Å². The summed E-state index contributed by atoms with van der Waals surface area (Å²) in [6.07, 6.45) is 3.84. The summed E-state index contributed by atoms with van der Waals surface area (Å²) in [5.41, 5.74) is 2.56. The highest BCUT2D eigenvalue weighted by Crippen LogP contribution is 2.38. The second-order valence-corrected chi connectivity index (χ2v) is 7.45. The van der Waals surface area contributed by atoms with Crippen LogP contribution in [-0.2, 0) is 20.0 Å². The second-order valence-electron chi connectivity index (χ2n) is 5.95. The van der Waals surface area contributed by atoms with E-state index in [9.17, 15) is 9.59 Å². The summed E-state index contributed by atoms with van der Waals surface area (Å²) in [7, 11) is 1.84. The van der Waals surface area contributed by atoms with Gasteiger partial charge in [-0.25, -0.2) is 0 Å². The lowest BCUT2D eigenvalue weighted by Crippen LogP contribution is -2.29. The third-order valence-corrected chi connectivity index (χ3v) is 5.61. The largest absolute Gasteiger partial charge is 0.326 e. The molecule has 4 rings (SSSR count). The summed E-state index contributed by atoms with van der Waals surface area (Å²) in [4.78, 5) is 29.5. The quantitative estimate of drug-likeness (QED) is 0.763. The van der Waals surface area contributed by atoms with Gasteiger partial charge in [-0.3, -0.25) is 14.3 Å². The first-order valence-electron chi connectivity index (χ1n) is 7.78. The van der Waals surface area contributed by atoms with Crippen molar-refractivity contribution in [2.24, 2.45) is 7.05 Å². The van der Waals surface area contributed by atoms with Gasteiger partial charge >= 0.3 is 4.87 Å². The average Bonchev–Trinajstić information content (AvgIpc) is 3.23. The van der Waals surface area contributed by atoms with E-state index in [1.807, 2.05) is 31.3 Å². The fourth-order valence-electron chi connectivity index (χ4n) is 3.26. The van der Waals surface area contributed by atoms with Crippen LogP contribution in [0, 0.1) is 0 Å². The molecule has 0 fully saturated rings. The van der Waals surface area contributed by atoms with E-state index in [4.69, 9.17) is 11.6 Å². The molecule has 2 aromatic heterocycles. The summed E-state index contributed by atoms with van der Waals surface area (Å²) in [6.45, 7) is 0.386. The normalized spacial score (nSPS) is 16.5. The molecule has 1 aliphatic rings. The number of benzene rings is 1. The van der Waals surface area contributed by atoms with Crippen LogP contribution in [-0.4, -0.2) is 25.6 Å². The number of thiazole rings is 1. The summed E-state index contributed by atoms with van der Waals surface area (Å²) < 4.78 is 1.74. The number of rotatable bonds is 4. The molecule has 3 aromatic rings. The maximum atomic E-state index is 12.9. The van der Waals surface area contributed by atoms with Crippen molar-refractivity contribution in [3.05, 3.63) is 73.0 Å². The smallest absolute Gasteiger partial charge is 0.304 e. The van der Waals surface area contributed by atoms with Crippen molar-refractivity contribution in [3.8, 4) is 0 Å². The number of aryl methyl sites for hydroxylation is 1. The van der Waals surface area contributed by atoms with Crippen molar-refractivity contribution in [2.45, 2.75) is 19.0 Å². The van der Waals surface area contributed by atoms with Gasteiger partial charge < -0.3 is 9.88 Å². The molecule has 0 saturated carbocycles. The lowest BCUT2D eigenvalue weighted by atomic mass is 10.0. The van der Waals surface area contributed by atoms with E-state index in [0.29, 0.717) is 23.6 Å². The van der Waals surface area contributed by atoms with Crippen molar-refractivity contribution in [3.63, 3.8) is 0 Å². The molecular formula is C17H15ClN4O2S. The molecule has 0 saturated heterocycles. The number of halogens is 1. The SMILES string of the molecule is Cn1ncc(Cl)c1CC1c2ccccc2C(=O)N1Cc1c[nH]c(=O)s1. The van der Waals surface area contributed by atoms with E-state index in [2.05, 4.69) is 10.1 Å². The number of hydrogen-bond donors (Lipinski definition) is 1. The van der Waals surface area contributed by atoms with Gasteiger partial charge in [-0.15, -0.1) is 0 Å². The number of amides is 1. The molecule has 1 aliphatic heterocycles. The fourth-order valence-corrected chi connectivity index (χ4v) is 4.18. The van der Waals surface area contributed by atoms with Crippen LogP contribution in [0.3, 0.4) is 0 Å². The number of fused-ring (bicyclic) bond motifs is 1. The summed E-state index contributed by atoms with van der Waals surface area (Å²) in [6, 6.07) is 7.47. The van der Waals surface area contributed by atoms with Gasteiger partial charge in [0.05, 0.1) is 29.5 Å². The molecule has 128 valence electrons. The Morgan fingerprint density at radius 1 is 1.32 bits per heavy atom. The van der Waals surface area contributed by atoms with Gasteiger partial charge in [0.1, 0.15) is 0 Å². The highest BCUT2D eigenvalue weighted by atomic mass is 35.5. The predicted octanol–water partition coefficient (Wildman–Crippen LogP) is 2.76. The van der Waals surface area contributed by atoms with Crippen LogP contribution < -0.4 is 4.87 Å². The standard InChI is InChI=1S/C17H15ClN4O2S/c1-21-15(13(18)8-20-21)6-14-11-4-2-3-5-12(11)16(23)22(14)9-10-7-19-17(24)25-10/h2-5,7-8,14H,6,9H2,1H3,(H,19,24). The molecule has 0 radical (unpaired) electrons. The molecule has 1 amide bonds. The number of aromatic nitrogens is 3. The zero-order chi connectivity index (χ0) is 17.6. The fraction of sp³-hybridized carbons (Fsp3) is 0.235. The third kappa shape index (κ3) is 2.79. The molecule has 3 heterocycles. The lowest BCUT2D eigenvalue weighted by molar-refractivity contribution is 0.0710. The molecule has 1 N–H and O–H groups in total. The maximum Gasteiger partial charge on any atom is 0.304 e. The Bertz CT molecular complexity index is 986. The summed E-state index contributed by atoms with van der Waals surface area (Å²) in [5.74, 6) is -0.0280. The lowest BCUT2D eigenvalue weighted by Gasteiger charge is -2.25. The van der Waals surface area contributed by atoms with Crippen molar-refractivity contribution < 1.29 is 4.79 Å². The first-order chi connectivity index (χ1) is 12.0. The minimum atomic E-state index is -0.145. The van der Waals surface area contributed by atoms with Gasteiger partial charge in [-0.05, 0) is 11.6 Å². The second kappa shape index (κ2) is 6.16. The van der Waals surface area contributed by atoms with Crippen molar-refractivity contribution in [1.82, 2.24) is 19.7 Å². The summed E-state index contributed by atoms with van der Waals surface area (Å²) >= 11 is 7.39. The molecule has 0 bridgehead atoms. The van der Waals surface area contributed by atoms with Crippen LogP contribution in [0.4, 0.5) is 0 Å². The van der Waals surface area contributed by atoms with Gasteiger partial charge in [-0.1, -0.05) is 41.1 Å².